The molecule has 2 aliphatic rings. The van der Waals surface area contributed by atoms with Crippen molar-refractivity contribution in [3.63, 3.8) is 0 Å². The number of aromatic amines is 1. The minimum absolute atomic E-state index is 0.104. The van der Waals surface area contributed by atoms with Gasteiger partial charge in [0.05, 0.1) is 46.0 Å². The van der Waals surface area contributed by atoms with E-state index in [0.29, 0.717) is 18.7 Å². The number of hydrogen-bond donors (Lipinski definition) is 2. The van der Waals surface area contributed by atoms with Crippen molar-refractivity contribution in [3.8, 4) is 16.6 Å². The molecule has 0 radical (unpaired) electrons. The van der Waals surface area contributed by atoms with E-state index in [-0.39, 0.29) is 24.2 Å². The zero-order valence-electron chi connectivity index (χ0n) is 22.8. The van der Waals surface area contributed by atoms with Gasteiger partial charge in [0.2, 0.25) is 5.13 Å². The van der Waals surface area contributed by atoms with Gasteiger partial charge in [0.1, 0.15) is 5.60 Å². The SMILES string of the molecule is CC(C)Nc1c(-c2nnc(N3CC4CCC(C3)N4C(=O)OC(C)(C)C)s2)cnc2c1[nH]c1cc(C#N)ccc12. The Morgan fingerprint density at radius 3 is 2.64 bits per heavy atom. The molecule has 3 aromatic heterocycles. The lowest BCUT2D eigenvalue weighted by molar-refractivity contribution is 0.0123. The number of ether oxygens (including phenoxy) is 1. The molecule has 2 N–H and O–H groups in total. The molecule has 2 atom stereocenters. The van der Waals surface area contributed by atoms with Crippen molar-refractivity contribution >= 4 is 50.2 Å². The summed E-state index contributed by atoms with van der Waals surface area (Å²) in [6, 6.07) is 8.19. The number of fused-ring (bicyclic) bond motifs is 5. The van der Waals surface area contributed by atoms with Gasteiger partial charge in [-0.3, -0.25) is 9.88 Å². The van der Waals surface area contributed by atoms with E-state index >= 15 is 0 Å². The number of amides is 1. The lowest BCUT2D eigenvalue weighted by atomic mass is 10.1. The molecule has 10 nitrogen and oxygen atoms in total. The Morgan fingerprint density at radius 1 is 1.23 bits per heavy atom. The van der Waals surface area contributed by atoms with Crippen LogP contribution in [0.4, 0.5) is 15.6 Å². The maximum Gasteiger partial charge on any atom is 0.410 e. The molecule has 11 heteroatoms. The summed E-state index contributed by atoms with van der Waals surface area (Å²) in [6.07, 6.45) is 3.55. The van der Waals surface area contributed by atoms with Gasteiger partial charge in [0.15, 0.2) is 5.01 Å². The van der Waals surface area contributed by atoms with Crippen LogP contribution < -0.4 is 10.2 Å². The van der Waals surface area contributed by atoms with Crippen LogP contribution in [0.2, 0.25) is 0 Å². The van der Waals surface area contributed by atoms with Gasteiger partial charge in [0, 0.05) is 36.2 Å². The lowest BCUT2D eigenvalue weighted by Crippen LogP contribution is -2.56. The van der Waals surface area contributed by atoms with E-state index in [1.165, 1.54) is 11.3 Å². The number of hydrogen-bond acceptors (Lipinski definition) is 9. The van der Waals surface area contributed by atoms with Crippen molar-refractivity contribution in [2.75, 3.05) is 23.3 Å². The molecule has 2 fully saturated rings. The molecule has 2 aliphatic heterocycles. The zero-order chi connectivity index (χ0) is 27.5. The predicted octanol–water partition coefficient (Wildman–Crippen LogP) is 5.51. The van der Waals surface area contributed by atoms with E-state index in [1.807, 2.05) is 50.1 Å². The highest BCUT2D eigenvalue weighted by Crippen LogP contribution is 2.41. The Labute approximate surface area is 231 Å². The smallest absolute Gasteiger partial charge is 0.410 e. The minimum atomic E-state index is -0.512. The van der Waals surface area contributed by atoms with Crippen LogP contribution in [0.3, 0.4) is 0 Å². The van der Waals surface area contributed by atoms with Crippen molar-refractivity contribution in [1.29, 1.82) is 5.26 Å². The number of piperazine rings is 1. The number of pyridine rings is 1. The van der Waals surface area contributed by atoms with Crippen LogP contribution in [0.5, 0.6) is 0 Å². The summed E-state index contributed by atoms with van der Waals surface area (Å²) in [4.78, 5) is 25.3. The van der Waals surface area contributed by atoms with Crippen molar-refractivity contribution < 1.29 is 9.53 Å². The molecule has 1 amide bonds. The number of benzene rings is 1. The highest BCUT2D eigenvalue weighted by Gasteiger charge is 2.45. The summed E-state index contributed by atoms with van der Waals surface area (Å²) < 4.78 is 5.69. The molecule has 4 aromatic rings. The molecule has 2 bridgehead atoms. The Balaban J connectivity index is 1.31. The number of anilines is 2. The molecule has 2 unspecified atom stereocenters. The fourth-order valence-electron chi connectivity index (χ4n) is 5.62. The molecule has 1 aromatic carbocycles. The van der Waals surface area contributed by atoms with E-state index in [9.17, 15) is 10.1 Å². The van der Waals surface area contributed by atoms with E-state index in [4.69, 9.17) is 9.72 Å². The normalized spacial score (nSPS) is 19.2. The quantitative estimate of drug-likeness (QED) is 0.345. The van der Waals surface area contributed by atoms with Crippen LogP contribution in [0.25, 0.3) is 32.5 Å². The number of carbonyl (C=O) groups excluding carboxylic acids is 1. The van der Waals surface area contributed by atoms with Crippen LogP contribution in [0, 0.1) is 11.3 Å². The van der Waals surface area contributed by atoms with E-state index < -0.39 is 5.60 Å². The molecule has 0 saturated carbocycles. The summed E-state index contributed by atoms with van der Waals surface area (Å²) >= 11 is 1.54. The van der Waals surface area contributed by atoms with E-state index in [1.54, 1.807) is 0 Å². The Hall–Kier alpha value is -3.91. The Bertz CT molecular complexity index is 1600. The first-order valence-corrected chi connectivity index (χ1v) is 14.1. The fourth-order valence-corrected chi connectivity index (χ4v) is 6.50. The first-order chi connectivity index (χ1) is 18.6. The van der Waals surface area contributed by atoms with Crippen molar-refractivity contribution in [3.05, 3.63) is 30.0 Å². The number of carbonyl (C=O) groups is 1. The summed E-state index contributed by atoms with van der Waals surface area (Å²) in [6.45, 7) is 11.3. The van der Waals surface area contributed by atoms with Crippen molar-refractivity contribution in [2.24, 2.45) is 0 Å². The number of nitrogens with one attached hydrogen (secondary N) is 2. The van der Waals surface area contributed by atoms with Gasteiger partial charge in [-0.1, -0.05) is 11.3 Å². The van der Waals surface area contributed by atoms with Gasteiger partial charge in [-0.05, 0) is 65.7 Å². The highest BCUT2D eigenvalue weighted by atomic mass is 32.1. The average molecular weight is 545 g/mol. The summed E-state index contributed by atoms with van der Waals surface area (Å²) in [7, 11) is 0. The third-order valence-corrected chi connectivity index (χ3v) is 8.19. The fraction of sp³-hybridized carbons (Fsp3) is 0.464. The topological polar surface area (TPSA) is 123 Å². The van der Waals surface area contributed by atoms with E-state index in [2.05, 4.69) is 45.3 Å². The first kappa shape index (κ1) is 25.4. The van der Waals surface area contributed by atoms with Crippen molar-refractivity contribution in [2.45, 2.75) is 71.2 Å². The maximum atomic E-state index is 12.9. The molecule has 2 saturated heterocycles. The van der Waals surface area contributed by atoms with Gasteiger partial charge in [0.25, 0.3) is 0 Å². The van der Waals surface area contributed by atoms with Crippen LogP contribution in [-0.2, 0) is 4.74 Å². The van der Waals surface area contributed by atoms with Gasteiger partial charge in [-0.2, -0.15) is 5.26 Å². The molecule has 0 spiro atoms. The van der Waals surface area contributed by atoms with Gasteiger partial charge in [-0.15, -0.1) is 10.2 Å². The first-order valence-electron chi connectivity index (χ1n) is 13.3. The summed E-state index contributed by atoms with van der Waals surface area (Å²) in [5, 5.41) is 24.7. The third-order valence-electron chi connectivity index (χ3n) is 7.18. The van der Waals surface area contributed by atoms with Gasteiger partial charge in [-0.25, -0.2) is 4.79 Å². The standard InChI is InChI=1S/C28H32N8O2S/c1-15(2)31-23-20(12-30-22-19-9-6-16(11-29)10-21(19)32-24(22)23)25-33-34-26(39-25)35-13-17-7-8-18(14-35)36(17)27(37)38-28(3,4)5/h6,9-10,12,15,17-18,32H,7-8,13-14H2,1-5H3,(H,30,31). The largest absolute Gasteiger partial charge is 0.444 e. The van der Waals surface area contributed by atoms with Crippen molar-refractivity contribution in [1.82, 2.24) is 25.1 Å². The Kier molecular flexibility index (Phi) is 6.10. The number of H-pyrrole nitrogens is 1. The number of nitrogens with zero attached hydrogens (tertiary/aromatic N) is 6. The Morgan fingerprint density at radius 2 is 1.97 bits per heavy atom. The van der Waals surface area contributed by atoms with Crippen LogP contribution in [0.1, 0.15) is 53.0 Å². The second kappa shape index (κ2) is 9.38. The monoisotopic (exact) mass is 544 g/mol. The third kappa shape index (κ3) is 4.63. The molecule has 39 heavy (non-hydrogen) atoms. The minimum Gasteiger partial charge on any atom is -0.444 e. The second-order valence-electron chi connectivity index (χ2n) is 11.6. The lowest BCUT2D eigenvalue weighted by Gasteiger charge is -2.41. The summed E-state index contributed by atoms with van der Waals surface area (Å²) in [5.74, 6) is 0. The average Bonchev–Trinajstić information content (AvgIpc) is 3.57. The maximum absolute atomic E-state index is 12.9. The van der Waals surface area contributed by atoms with E-state index in [0.717, 1.165) is 56.2 Å². The number of nitriles is 1. The predicted molar refractivity (Wildman–Crippen MR) is 153 cm³/mol. The van der Waals surface area contributed by atoms with Crippen LogP contribution in [0.15, 0.2) is 24.4 Å². The van der Waals surface area contributed by atoms with Crippen LogP contribution in [-0.4, -0.2) is 68.0 Å². The molecule has 202 valence electrons. The zero-order valence-corrected chi connectivity index (χ0v) is 23.6. The van der Waals surface area contributed by atoms with Gasteiger partial charge >= 0.3 is 6.09 Å². The second-order valence-corrected chi connectivity index (χ2v) is 12.6. The molecule has 6 rings (SSSR count). The number of rotatable bonds is 4. The molecular weight excluding hydrogens is 512 g/mol. The number of aromatic nitrogens is 4. The molecule has 0 aliphatic carbocycles. The van der Waals surface area contributed by atoms with Gasteiger partial charge < -0.3 is 19.9 Å². The summed E-state index contributed by atoms with van der Waals surface area (Å²) in [5.41, 5.74) is 4.48. The molecule has 5 heterocycles. The molecular formula is C28H32N8O2S. The highest BCUT2D eigenvalue weighted by molar-refractivity contribution is 7.18. The van der Waals surface area contributed by atoms with Crippen LogP contribution >= 0.6 is 11.3 Å².